The van der Waals surface area contributed by atoms with Gasteiger partial charge in [-0.2, -0.15) is 0 Å². The fourth-order valence-electron chi connectivity index (χ4n) is 1.58. The Morgan fingerprint density at radius 2 is 2.00 bits per heavy atom. The minimum atomic E-state index is 0.186. The molecule has 0 aliphatic carbocycles. The van der Waals surface area contributed by atoms with E-state index >= 15 is 0 Å². The predicted molar refractivity (Wildman–Crippen MR) is 53.2 cm³/mol. The Hall–Kier alpha value is -0.795. The number of benzene rings is 1. The molecule has 2 nitrogen and oxygen atoms in total. The average molecular weight is 174 g/mol. The summed E-state index contributed by atoms with van der Waals surface area (Å²) in [5.41, 5.74) is 1.25. The first kappa shape index (κ1) is 8.79. The number of nitrogens with zero attached hydrogens (tertiary/aromatic N) is 1. The molecule has 1 aliphatic rings. The van der Waals surface area contributed by atoms with Crippen molar-refractivity contribution in [1.82, 2.24) is 4.81 Å². The number of rotatable bonds is 1. The molecule has 13 heavy (non-hydrogen) atoms. The summed E-state index contributed by atoms with van der Waals surface area (Å²) in [6, 6.07) is 10.7. The van der Waals surface area contributed by atoms with E-state index < -0.39 is 0 Å². The molecule has 1 radical (unpaired) electrons. The molecule has 1 heterocycles. The van der Waals surface area contributed by atoms with Crippen molar-refractivity contribution in [3.63, 3.8) is 0 Å². The molecule has 1 aromatic rings. The van der Waals surface area contributed by atoms with Crippen molar-refractivity contribution < 1.29 is 4.65 Å². The van der Waals surface area contributed by atoms with Gasteiger partial charge in [0.2, 0.25) is 0 Å². The molecule has 1 fully saturated rings. The van der Waals surface area contributed by atoms with Crippen molar-refractivity contribution in [3.8, 4) is 0 Å². The van der Waals surface area contributed by atoms with E-state index in [2.05, 4.69) is 23.9 Å². The number of likely N-dealkylation sites (N-methyl/N-ethyl adjacent to an activating group) is 1. The number of hydrogen-bond donors (Lipinski definition) is 0. The van der Waals surface area contributed by atoms with E-state index in [9.17, 15) is 0 Å². The SMILES string of the molecule is C[C@@H]1[C@@H](c2ccccc2)O[B]N1C. The Morgan fingerprint density at radius 1 is 1.31 bits per heavy atom. The largest absolute Gasteiger partial charge is 0.415 e. The summed E-state index contributed by atoms with van der Waals surface area (Å²) in [7, 11) is 3.83. The molecule has 0 unspecified atom stereocenters. The third-order valence-electron chi connectivity index (χ3n) is 2.58. The Bertz CT molecular complexity index is 278. The molecule has 3 heteroatoms. The van der Waals surface area contributed by atoms with Gasteiger partial charge in [-0.05, 0) is 19.5 Å². The predicted octanol–water partition coefficient (Wildman–Crippen LogP) is 1.61. The second kappa shape index (κ2) is 3.52. The van der Waals surface area contributed by atoms with E-state index in [1.54, 1.807) is 7.62 Å². The van der Waals surface area contributed by atoms with Gasteiger partial charge < -0.3 is 9.47 Å². The summed E-state index contributed by atoms with van der Waals surface area (Å²) < 4.78 is 5.56. The van der Waals surface area contributed by atoms with Crippen molar-refractivity contribution in [2.75, 3.05) is 7.05 Å². The maximum absolute atomic E-state index is 5.56. The van der Waals surface area contributed by atoms with E-state index in [1.807, 2.05) is 25.2 Å². The minimum absolute atomic E-state index is 0.186. The highest BCUT2D eigenvalue weighted by molar-refractivity contribution is 6.24. The first-order valence-electron chi connectivity index (χ1n) is 4.55. The van der Waals surface area contributed by atoms with Crippen molar-refractivity contribution in [2.24, 2.45) is 0 Å². The first-order chi connectivity index (χ1) is 6.29. The summed E-state index contributed by atoms with van der Waals surface area (Å²) in [5.74, 6) is 0. The highest BCUT2D eigenvalue weighted by Gasteiger charge is 2.31. The molecule has 0 amide bonds. The molecular weight excluding hydrogens is 161 g/mol. The summed E-state index contributed by atoms with van der Waals surface area (Å²) in [6.45, 7) is 2.17. The molecule has 0 N–H and O–H groups in total. The van der Waals surface area contributed by atoms with Crippen LogP contribution < -0.4 is 0 Å². The van der Waals surface area contributed by atoms with Crippen LogP contribution in [0.5, 0.6) is 0 Å². The fraction of sp³-hybridized carbons (Fsp3) is 0.400. The zero-order chi connectivity index (χ0) is 9.26. The molecule has 1 aliphatic heterocycles. The lowest BCUT2D eigenvalue weighted by molar-refractivity contribution is 0.213. The summed E-state index contributed by atoms with van der Waals surface area (Å²) >= 11 is 0. The molecule has 2 atom stereocenters. The van der Waals surface area contributed by atoms with Gasteiger partial charge in [-0.3, -0.25) is 0 Å². The van der Waals surface area contributed by atoms with E-state index in [0.717, 1.165) is 0 Å². The monoisotopic (exact) mass is 174 g/mol. The van der Waals surface area contributed by atoms with Crippen LogP contribution in [0.25, 0.3) is 0 Å². The summed E-state index contributed by atoms with van der Waals surface area (Å²) in [4.78, 5) is 2.09. The minimum Gasteiger partial charge on any atom is -0.415 e. The second-order valence-corrected chi connectivity index (χ2v) is 3.48. The van der Waals surface area contributed by atoms with Crippen molar-refractivity contribution in [3.05, 3.63) is 35.9 Å². The molecule has 67 valence electrons. The summed E-state index contributed by atoms with van der Waals surface area (Å²) in [5, 5.41) is 0. The highest BCUT2D eigenvalue weighted by Crippen LogP contribution is 2.28. The van der Waals surface area contributed by atoms with Crippen LogP contribution in [-0.2, 0) is 4.65 Å². The normalized spacial score (nSPS) is 28.8. The third-order valence-corrected chi connectivity index (χ3v) is 2.58. The van der Waals surface area contributed by atoms with Crippen LogP contribution in [-0.4, -0.2) is 25.5 Å². The van der Waals surface area contributed by atoms with Gasteiger partial charge in [0.1, 0.15) is 0 Å². The van der Waals surface area contributed by atoms with Gasteiger partial charge in [0.25, 0.3) is 0 Å². The van der Waals surface area contributed by atoms with Crippen molar-refractivity contribution in [1.29, 1.82) is 0 Å². The maximum Gasteiger partial charge on any atom is 0.399 e. The maximum atomic E-state index is 5.56. The third kappa shape index (κ3) is 1.62. The first-order valence-corrected chi connectivity index (χ1v) is 4.55. The van der Waals surface area contributed by atoms with E-state index in [-0.39, 0.29) is 6.10 Å². The molecule has 0 saturated carbocycles. The van der Waals surface area contributed by atoms with Crippen LogP contribution in [0.1, 0.15) is 18.6 Å². The van der Waals surface area contributed by atoms with Crippen LogP contribution >= 0.6 is 0 Å². The van der Waals surface area contributed by atoms with Gasteiger partial charge in [0.05, 0.1) is 6.10 Å². The zero-order valence-corrected chi connectivity index (χ0v) is 7.97. The Balaban J connectivity index is 2.19. The van der Waals surface area contributed by atoms with Gasteiger partial charge in [-0.25, -0.2) is 0 Å². The van der Waals surface area contributed by atoms with Crippen molar-refractivity contribution >= 4 is 7.62 Å². The lowest BCUT2D eigenvalue weighted by Crippen LogP contribution is -2.26. The van der Waals surface area contributed by atoms with Gasteiger partial charge >= 0.3 is 7.62 Å². The van der Waals surface area contributed by atoms with Crippen LogP contribution in [0.3, 0.4) is 0 Å². The van der Waals surface area contributed by atoms with Crippen LogP contribution in [0, 0.1) is 0 Å². The van der Waals surface area contributed by atoms with Crippen LogP contribution in [0.15, 0.2) is 30.3 Å². The van der Waals surface area contributed by atoms with E-state index in [4.69, 9.17) is 4.65 Å². The molecular formula is C10H13BNO. The van der Waals surface area contributed by atoms with E-state index in [0.29, 0.717) is 6.04 Å². The lowest BCUT2D eigenvalue weighted by atomic mass is 10.0. The standard InChI is InChI=1S/C10H13BNO/c1-8-10(13-11-12(8)2)9-6-4-3-5-7-9/h3-8,10H,1-2H3/t8-,10+/m1/s1. The zero-order valence-electron chi connectivity index (χ0n) is 7.97. The summed E-state index contributed by atoms with van der Waals surface area (Å²) in [6.07, 6.45) is 0.186. The molecule has 1 saturated heterocycles. The van der Waals surface area contributed by atoms with Gasteiger partial charge in [0, 0.05) is 6.04 Å². The number of hydrogen-bond acceptors (Lipinski definition) is 2. The van der Waals surface area contributed by atoms with Gasteiger partial charge in [-0.15, -0.1) is 0 Å². The topological polar surface area (TPSA) is 12.5 Å². The Kier molecular flexibility index (Phi) is 2.38. The quantitative estimate of drug-likeness (QED) is 0.599. The van der Waals surface area contributed by atoms with E-state index in [1.165, 1.54) is 5.56 Å². The van der Waals surface area contributed by atoms with Crippen LogP contribution in [0.2, 0.25) is 0 Å². The van der Waals surface area contributed by atoms with Crippen molar-refractivity contribution in [2.45, 2.75) is 19.1 Å². The smallest absolute Gasteiger partial charge is 0.399 e. The van der Waals surface area contributed by atoms with Gasteiger partial charge in [0.15, 0.2) is 0 Å². The fourth-order valence-corrected chi connectivity index (χ4v) is 1.58. The van der Waals surface area contributed by atoms with Gasteiger partial charge in [-0.1, -0.05) is 30.3 Å². The highest BCUT2D eigenvalue weighted by atomic mass is 16.5. The molecule has 0 spiro atoms. The second-order valence-electron chi connectivity index (χ2n) is 3.48. The van der Waals surface area contributed by atoms with Crippen LogP contribution in [0.4, 0.5) is 0 Å². The Labute approximate surface area is 79.8 Å². The Morgan fingerprint density at radius 3 is 2.54 bits per heavy atom. The molecule has 1 aromatic carbocycles. The molecule has 2 rings (SSSR count). The molecule has 0 aromatic heterocycles. The average Bonchev–Trinajstić information content (AvgIpc) is 2.49. The molecule has 0 bridgehead atoms. The lowest BCUT2D eigenvalue weighted by Gasteiger charge is -2.19.